The quantitative estimate of drug-likeness (QED) is 0.728. The summed E-state index contributed by atoms with van der Waals surface area (Å²) >= 11 is 5.58. The van der Waals surface area contributed by atoms with Gasteiger partial charge in [-0.25, -0.2) is 0 Å². The molecule has 0 aliphatic carbocycles. The van der Waals surface area contributed by atoms with Gasteiger partial charge in [0.2, 0.25) is 0 Å². The molecule has 144 valence electrons. The summed E-state index contributed by atoms with van der Waals surface area (Å²) in [4.78, 5) is 0. The molecule has 2 aromatic carbocycles. The molecule has 2 aromatic rings. The molecule has 1 aliphatic heterocycles. The molecule has 0 saturated heterocycles. The molecule has 0 radical (unpaired) electrons. The first-order valence-corrected chi connectivity index (χ1v) is 9.49. The molecule has 5 nitrogen and oxygen atoms in total. The minimum Gasteiger partial charge on any atom is -0.497 e. The Kier molecular flexibility index (Phi) is 5.75. The number of hydrogen-bond acceptors (Lipinski definition) is 4. The Balaban J connectivity index is 1.80. The van der Waals surface area contributed by atoms with E-state index in [2.05, 4.69) is 24.5 Å². The summed E-state index contributed by atoms with van der Waals surface area (Å²) in [7, 11) is 1.66. The van der Waals surface area contributed by atoms with Crippen LogP contribution in [0.3, 0.4) is 0 Å². The van der Waals surface area contributed by atoms with Crippen LogP contribution >= 0.6 is 12.2 Å². The van der Waals surface area contributed by atoms with Crippen molar-refractivity contribution in [3.8, 4) is 17.2 Å². The molecule has 1 aliphatic rings. The average Bonchev–Trinajstić information content (AvgIpc) is 2.62. The fraction of sp³-hybridized carbons (Fsp3) is 0.381. The zero-order valence-electron chi connectivity index (χ0n) is 16.2. The normalized spacial score (nSPS) is 17.3. The van der Waals surface area contributed by atoms with Crippen LogP contribution in [0.4, 0.5) is 5.69 Å². The van der Waals surface area contributed by atoms with Crippen LogP contribution in [0.25, 0.3) is 0 Å². The minimum atomic E-state index is -0.294. The Morgan fingerprint density at radius 1 is 1.26 bits per heavy atom. The van der Waals surface area contributed by atoms with E-state index < -0.39 is 0 Å². The molecule has 1 heterocycles. The van der Waals surface area contributed by atoms with Gasteiger partial charge >= 0.3 is 0 Å². The molecule has 3 rings (SSSR count). The van der Waals surface area contributed by atoms with Crippen LogP contribution in [-0.4, -0.2) is 24.4 Å². The van der Waals surface area contributed by atoms with Gasteiger partial charge in [0.1, 0.15) is 22.8 Å². The van der Waals surface area contributed by atoms with Gasteiger partial charge in [0.15, 0.2) is 5.11 Å². The Bertz CT molecular complexity index is 823. The van der Waals surface area contributed by atoms with Crippen molar-refractivity contribution in [1.29, 1.82) is 0 Å². The van der Waals surface area contributed by atoms with Crippen molar-refractivity contribution in [2.75, 3.05) is 19.0 Å². The van der Waals surface area contributed by atoms with Crippen LogP contribution in [-0.2, 0) is 0 Å². The van der Waals surface area contributed by atoms with Gasteiger partial charge in [-0.15, -0.1) is 0 Å². The number of rotatable bonds is 5. The topological polar surface area (TPSA) is 51.8 Å². The number of nitrogens with one attached hydrogen (secondary N) is 2. The molecule has 0 fully saturated rings. The maximum absolute atomic E-state index is 6.12. The number of benzene rings is 2. The van der Waals surface area contributed by atoms with E-state index in [9.17, 15) is 0 Å². The number of fused-ring (bicyclic) bond motifs is 1. The van der Waals surface area contributed by atoms with Crippen LogP contribution < -0.4 is 24.8 Å². The van der Waals surface area contributed by atoms with Gasteiger partial charge in [-0.05, 0) is 63.3 Å². The maximum atomic E-state index is 6.12. The molecule has 1 atom stereocenters. The van der Waals surface area contributed by atoms with Crippen LogP contribution in [0.15, 0.2) is 42.5 Å². The van der Waals surface area contributed by atoms with Crippen molar-refractivity contribution in [2.45, 2.75) is 38.8 Å². The summed E-state index contributed by atoms with van der Waals surface area (Å²) in [6.45, 7) is 6.72. The van der Waals surface area contributed by atoms with Crippen molar-refractivity contribution in [3.63, 3.8) is 0 Å². The summed E-state index contributed by atoms with van der Waals surface area (Å²) in [5, 5.41) is 7.22. The zero-order valence-corrected chi connectivity index (χ0v) is 17.0. The molecular formula is C21H26N2O3S. The third-order valence-corrected chi connectivity index (χ3v) is 4.63. The number of hydrogen-bond donors (Lipinski definition) is 2. The van der Waals surface area contributed by atoms with Crippen molar-refractivity contribution < 1.29 is 14.2 Å². The smallest absolute Gasteiger partial charge is 0.171 e. The molecule has 0 amide bonds. The van der Waals surface area contributed by atoms with Gasteiger partial charge in [-0.1, -0.05) is 12.1 Å². The van der Waals surface area contributed by atoms with Gasteiger partial charge in [0.25, 0.3) is 0 Å². The SMILES string of the molecule is CCOc1ccccc1NC(=S)N[C@@H]1CC(C)(C)Oc2ccc(OC)cc21. The van der Waals surface area contributed by atoms with E-state index in [4.69, 9.17) is 26.4 Å². The minimum absolute atomic E-state index is 0.0121. The fourth-order valence-electron chi connectivity index (χ4n) is 3.26. The summed E-state index contributed by atoms with van der Waals surface area (Å²) in [5.74, 6) is 2.42. The molecule has 6 heteroatoms. The Morgan fingerprint density at radius 2 is 2.04 bits per heavy atom. The van der Waals surface area contributed by atoms with Crippen molar-refractivity contribution >= 4 is 23.0 Å². The van der Waals surface area contributed by atoms with E-state index >= 15 is 0 Å². The van der Waals surface area contributed by atoms with Gasteiger partial charge in [-0.3, -0.25) is 0 Å². The number of methoxy groups -OCH3 is 1. The monoisotopic (exact) mass is 386 g/mol. The van der Waals surface area contributed by atoms with E-state index in [-0.39, 0.29) is 11.6 Å². The number of ether oxygens (including phenoxy) is 3. The number of thiocarbonyl (C=S) groups is 1. The molecule has 0 aromatic heterocycles. The van der Waals surface area contributed by atoms with Crippen molar-refractivity contribution in [3.05, 3.63) is 48.0 Å². The van der Waals surface area contributed by atoms with Gasteiger partial charge in [-0.2, -0.15) is 0 Å². The largest absolute Gasteiger partial charge is 0.497 e. The Morgan fingerprint density at radius 3 is 2.78 bits per heavy atom. The van der Waals surface area contributed by atoms with E-state index in [1.54, 1.807) is 7.11 Å². The fourth-order valence-corrected chi connectivity index (χ4v) is 3.51. The van der Waals surface area contributed by atoms with Crippen LogP contribution in [0.1, 0.15) is 38.8 Å². The lowest BCUT2D eigenvalue weighted by atomic mass is 9.89. The third-order valence-electron chi connectivity index (χ3n) is 4.41. The van der Waals surface area contributed by atoms with Crippen LogP contribution in [0.5, 0.6) is 17.2 Å². The van der Waals surface area contributed by atoms with E-state index in [1.165, 1.54) is 0 Å². The van der Waals surface area contributed by atoms with Gasteiger partial charge in [0.05, 0.1) is 25.4 Å². The lowest BCUT2D eigenvalue weighted by Crippen LogP contribution is -2.42. The molecule has 0 saturated carbocycles. The predicted molar refractivity (Wildman–Crippen MR) is 112 cm³/mol. The highest BCUT2D eigenvalue weighted by atomic mass is 32.1. The first kappa shape index (κ1) is 19.3. The van der Waals surface area contributed by atoms with E-state index in [0.29, 0.717) is 11.7 Å². The number of anilines is 1. The summed E-state index contributed by atoms with van der Waals surface area (Å²) in [6, 6.07) is 13.6. The van der Waals surface area contributed by atoms with Crippen molar-refractivity contribution in [1.82, 2.24) is 5.32 Å². The third kappa shape index (κ3) is 4.63. The average molecular weight is 387 g/mol. The van der Waals surface area contributed by atoms with Gasteiger partial charge in [0, 0.05) is 12.0 Å². The highest BCUT2D eigenvalue weighted by molar-refractivity contribution is 7.80. The van der Waals surface area contributed by atoms with E-state index in [0.717, 1.165) is 34.9 Å². The second kappa shape index (κ2) is 8.05. The standard InChI is InChI=1S/C21H26N2O3S/c1-5-25-19-9-7-6-8-16(19)22-20(27)23-17-13-21(2,3)26-18-11-10-14(24-4)12-15(17)18/h6-12,17H,5,13H2,1-4H3,(H2,22,23,27)/t17-/m1/s1. The van der Waals surface area contributed by atoms with Crippen LogP contribution in [0.2, 0.25) is 0 Å². The Hall–Kier alpha value is -2.47. The summed E-state index contributed by atoms with van der Waals surface area (Å²) in [6.07, 6.45) is 0.780. The van der Waals surface area contributed by atoms with Crippen LogP contribution in [0, 0.1) is 0 Å². The molecule has 0 unspecified atom stereocenters. The Labute approximate surface area is 166 Å². The number of para-hydroxylation sites is 2. The second-order valence-electron chi connectivity index (χ2n) is 7.05. The van der Waals surface area contributed by atoms with E-state index in [1.807, 2.05) is 49.4 Å². The summed E-state index contributed by atoms with van der Waals surface area (Å²) < 4.78 is 17.2. The second-order valence-corrected chi connectivity index (χ2v) is 7.46. The highest BCUT2D eigenvalue weighted by Crippen LogP contribution is 2.41. The molecule has 27 heavy (non-hydrogen) atoms. The first-order valence-electron chi connectivity index (χ1n) is 9.08. The maximum Gasteiger partial charge on any atom is 0.171 e. The first-order chi connectivity index (χ1) is 12.9. The van der Waals surface area contributed by atoms with Crippen molar-refractivity contribution in [2.24, 2.45) is 0 Å². The van der Waals surface area contributed by atoms with Gasteiger partial charge < -0.3 is 24.8 Å². The zero-order chi connectivity index (χ0) is 19.4. The molecule has 2 N–H and O–H groups in total. The molecular weight excluding hydrogens is 360 g/mol. The molecule has 0 spiro atoms. The lowest BCUT2D eigenvalue weighted by Gasteiger charge is -2.38. The lowest BCUT2D eigenvalue weighted by molar-refractivity contribution is 0.0695. The predicted octanol–water partition coefficient (Wildman–Crippen LogP) is 4.68. The highest BCUT2D eigenvalue weighted by Gasteiger charge is 2.34. The molecule has 0 bridgehead atoms. The summed E-state index contributed by atoms with van der Waals surface area (Å²) in [5.41, 5.74) is 1.59.